The monoisotopic (exact) mass is 300 g/mol. The SMILES string of the molecule is CCC1(CC)CNCCN1Cc1ccc(C(F)(F)F)cc1. The molecule has 118 valence electrons. The highest BCUT2D eigenvalue weighted by Gasteiger charge is 2.35. The molecular formula is C16H23F3N2. The number of hydrogen-bond donors (Lipinski definition) is 1. The molecule has 0 aliphatic carbocycles. The van der Waals surface area contributed by atoms with Gasteiger partial charge in [0.1, 0.15) is 0 Å². The number of benzene rings is 1. The Kier molecular flexibility index (Phi) is 4.94. The van der Waals surface area contributed by atoms with Gasteiger partial charge in [0, 0.05) is 31.7 Å². The van der Waals surface area contributed by atoms with Crippen molar-refractivity contribution in [3.8, 4) is 0 Å². The lowest BCUT2D eigenvalue weighted by molar-refractivity contribution is -0.137. The Labute approximate surface area is 124 Å². The van der Waals surface area contributed by atoms with Crippen LogP contribution in [0.4, 0.5) is 13.2 Å². The molecule has 0 bridgehead atoms. The van der Waals surface area contributed by atoms with Gasteiger partial charge in [-0.25, -0.2) is 0 Å². The number of nitrogens with zero attached hydrogens (tertiary/aromatic N) is 1. The molecule has 21 heavy (non-hydrogen) atoms. The lowest BCUT2D eigenvalue weighted by Gasteiger charge is -2.47. The highest BCUT2D eigenvalue weighted by molar-refractivity contribution is 5.24. The molecule has 1 aliphatic rings. The summed E-state index contributed by atoms with van der Waals surface area (Å²) in [4.78, 5) is 2.41. The minimum atomic E-state index is -4.26. The van der Waals surface area contributed by atoms with E-state index in [2.05, 4.69) is 24.1 Å². The van der Waals surface area contributed by atoms with Gasteiger partial charge in [0.25, 0.3) is 0 Å². The van der Waals surface area contributed by atoms with E-state index in [1.165, 1.54) is 12.1 Å². The summed E-state index contributed by atoms with van der Waals surface area (Å²) in [6, 6.07) is 5.55. The Bertz CT molecular complexity index is 450. The van der Waals surface area contributed by atoms with Crippen LogP contribution in [0.3, 0.4) is 0 Å². The summed E-state index contributed by atoms with van der Waals surface area (Å²) < 4.78 is 37.8. The second-order valence-electron chi connectivity index (χ2n) is 5.72. The van der Waals surface area contributed by atoms with Crippen LogP contribution in [0.2, 0.25) is 0 Å². The molecule has 0 unspecified atom stereocenters. The van der Waals surface area contributed by atoms with Crippen LogP contribution < -0.4 is 5.32 Å². The quantitative estimate of drug-likeness (QED) is 0.912. The molecule has 1 fully saturated rings. The van der Waals surface area contributed by atoms with Gasteiger partial charge in [0.15, 0.2) is 0 Å². The van der Waals surface area contributed by atoms with Gasteiger partial charge in [0.05, 0.1) is 5.56 Å². The van der Waals surface area contributed by atoms with Crippen molar-refractivity contribution in [3.63, 3.8) is 0 Å². The lowest BCUT2D eigenvalue weighted by Crippen LogP contribution is -2.60. The van der Waals surface area contributed by atoms with Crippen molar-refractivity contribution in [1.29, 1.82) is 0 Å². The molecule has 1 aliphatic heterocycles. The lowest BCUT2D eigenvalue weighted by atomic mass is 9.88. The summed E-state index contributed by atoms with van der Waals surface area (Å²) in [6.45, 7) is 7.87. The molecule has 0 spiro atoms. The van der Waals surface area contributed by atoms with Gasteiger partial charge in [0.2, 0.25) is 0 Å². The predicted octanol–water partition coefficient (Wildman–Crippen LogP) is 3.67. The molecule has 1 aromatic carbocycles. The third kappa shape index (κ3) is 3.58. The Morgan fingerprint density at radius 3 is 2.29 bits per heavy atom. The number of halogens is 3. The Morgan fingerprint density at radius 1 is 1.14 bits per heavy atom. The molecule has 1 N–H and O–H groups in total. The fraction of sp³-hybridized carbons (Fsp3) is 0.625. The second kappa shape index (κ2) is 6.36. The number of hydrogen-bond acceptors (Lipinski definition) is 2. The number of piperazine rings is 1. The smallest absolute Gasteiger partial charge is 0.314 e. The first-order valence-corrected chi connectivity index (χ1v) is 7.53. The molecular weight excluding hydrogens is 277 g/mol. The number of nitrogens with one attached hydrogen (secondary N) is 1. The zero-order valence-corrected chi connectivity index (χ0v) is 12.6. The molecule has 2 nitrogen and oxygen atoms in total. The fourth-order valence-electron chi connectivity index (χ4n) is 3.10. The van der Waals surface area contributed by atoms with Gasteiger partial charge in [-0.3, -0.25) is 4.90 Å². The van der Waals surface area contributed by atoms with Crippen LogP contribution in [-0.4, -0.2) is 30.1 Å². The van der Waals surface area contributed by atoms with E-state index < -0.39 is 11.7 Å². The largest absolute Gasteiger partial charge is 0.416 e. The van der Waals surface area contributed by atoms with Gasteiger partial charge in [-0.2, -0.15) is 13.2 Å². The van der Waals surface area contributed by atoms with E-state index in [0.717, 1.165) is 38.0 Å². The minimum absolute atomic E-state index is 0.112. The van der Waals surface area contributed by atoms with Gasteiger partial charge in [-0.15, -0.1) is 0 Å². The first kappa shape index (κ1) is 16.3. The van der Waals surface area contributed by atoms with Crippen LogP contribution in [0.15, 0.2) is 24.3 Å². The highest BCUT2D eigenvalue weighted by atomic mass is 19.4. The highest BCUT2D eigenvalue weighted by Crippen LogP contribution is 2.30. The van der Waals surface area contributed by atoms with Crippen LogP contribution in [0.5, 0.6) is 0 Å². The Hall–Kier alpha value is -1.07. The second-order valence-corrected chi connectivity index (χ2v) is 5.72. The first-order valence-electron chi connectivity index (χ1n) is 7.53. The molecule has 0 saturated carbocycles. The molecule has 1 saturated heterocycles. The average Bonchev–Trinajstić information content (AvgIpc) is 2.48. The van der Waals surface area contributed by atoms with E-state index in [0.29, 0.717) is 6.54 Å². The van der Waals surface area contributed by atoms with Crippen LogP contribution in [0, 0.1) is 0 Å². The number of alkyl halides is 3. The standard InChI is InChI=1S/C16H23F3N2/c1-3-15(4-2)12-20-9-10-21(15)11-13-5-7-14(8-6-13)16(17,18)19/h5-8,20H,3-4,9-12H2,1-2H3. The van der Waals surface area contributed by atoms with Gasteiger partial charge in [-0.1, -0.05) is 26.0 Å². The van der Waals surface area contributed by atoms with E-state index in [4.69, 9.17) is 0 Å². The van der Waals surface area contributed by atoms with Crippen molar-refractivity contribution in [1.82, 2.24) is 10.2 Å². The van der Waals surface area contributed by atoms with Gasteiger partial charge < -0.3 is 5.32 Å². The zero-order chi connectivity index (χ0) is 15.5. The van der Waals surface area contributed by atoms with Crippen molar-refractivity contribution in [2.45, 2.75) is 44.9 Å². The maximum Gasteiger partial charge on any atom is 0.416 e. The molecule has 0 amide bonds. The van der Waals surface area contributed by atoms with Crippen molar-refractivity contribution in [2.75, 3.05) is 19.6 Å². The topological polar surface area (TPSA) is 15.3 Å². The van der Waals surface area contributed by atoms with E-state index in [1.807, 2.05) is 0 Å². The van der Waals surface area contributed by atoms with Crippen LogP contribution in [-0.2, 0) is 12.7 Å². The molecule has 5 heteroatoms. The maximum atomic E-state index is 12.6. The fourth-order valence-corrected chi connectivity index (χ4v) is 3.10. The normalized spacial score (nSPS) is 19.7. The molecule has 1 aromatic rings. The summed E-state index contributed by atoms with van der Waals surface area (Å²) in [5.41, 5.74) is 0.473. The molecule has 1 heterocycles. The summed E-state index contributed by atoms with van der Waals surface area (Å²) in [5, 5.41) is 3.43. The molecule has 0 aromatic heterocycles. The van der Waals surface area contributed by atoms with Crippen LogP contribution in [0.1, 0.15) is 37.8 Å². The van der Waals surface area contributed by atoms with Crippen LogP contribution in [0.25, 0.3) is 0 Å². The third-order valence-electron chi connectivity index (χ3n) is 4.65. The predicted molar refractivity (Wildman–Crippen MR) is 78.0 cm³/mol. The zero-order valence-electron chi connectivity index (χ0n) is 12.6. The summed E-state index contributed by atoms with van der Waals surface area (Å²) in [5.74, 6) is 0. The molecule has 0 radical (unpaired) electrons. The number of rotatable bonds is 4. The van der Waals surface area contributed by atoms with E-state index >= 15 is 0 Å². The van der Waals surface area contributed by atoms with Gasteiger partial charge >= 0.3 is 6.18 Å². The van der Waals surface area contributed by atoms with E-state index in [1.54, 1.807) is 12.1 Å². The summed E-state index contributed by atoms with van der Waals surface area (Å²) in [6.07, 6.45) is -2.18. The van der Waals surface area contributed by atoms with Crippen molar-refractivity contribution in [2.24, 2.45) is 0 Å². The maximum absolute atomic E-state index is 12.6. The molecule has 2 rings (SSSR count). The van der Waals surface area contributed by atoms with Crippen molar-refractivity contribution < 1.29 is 13.2 Å². The average molecular weight is 300 g/mol. The Morgan fingerprint density at radius 2 is 1.76 bits per heavy atom. The Balaban J connectivity index is 2.12. The van der Waals surface area contributed by atoms with E-state index in [9.17, 15) is 13.2 Å². The van der Waals surface area contributed by atoms with Gasteiger partial charge in [-0.05, 0) is 30.5 Å². The van der Waals surface area contributed by atoms with E-state index in [-0.39, 0.29) is 5.54 Å². The molecule has 0 atom stereocenters. The minimum Gasteiger partial charge on any atom is -0.314 e. The van der Waals surface area contributed by atoms with Crippen LogP contribution >= 0.6 is 0 Å². The van der Waals surface area contributed by atoms with Crippen molar-refractivity contribution in [3.05, 3.63) is 35.4 Å². The third-order valence-corrected chi connectivity index (χ3v) is 4.65. The summed E-state index contributed by atoms with van der Waals surface area (Å²) in [7, 11) is 0. The van der Waals surface area contributed by atoms with Crippen molar-refractivity contribution >= 4 is 0 Å². The first-order chi connectivity index (χ1) is 9.91. The summed E-state index contributed by atoms with van der Waals surface area (Å²) >= 11 is 0.